The first kappa shape index (κ1) is 17.9. The van der Waals surface area contributed by atoms with Crippen LogP contribution in [0.5, 0.6) is 0 Å². The average molecular weight is 271 g/mol. The third kappa shape index (κ3) is 7.85. The van der Waals surface area contributed by atoms with Gasteiger partial charge in [0, 0.05) is 19.5 Å². The normalized spacial score (nSPS) is 12.3. The number of amides is 1. The average Bonchev–Trinajstić information content (AvgIpc) is 2.36. The quantitative estimate of drug-likeness (QED) is 0.606. The molecular formula is C15H29NO3. The summed E-state index contributed by atoms with van der Waals surface area (Å²) in [6.07, 6.45) is 1.87. The van der Waals surface area contributed by atoms with Gasteiger partial charge in [-0.15, -0.1) is 0 Å². The second kappa shape index (κ2) is 9.82. The molecule has 0 heterocycles. The van der Waals surface area contributed by atoms with E-state index < -0.39 is 0 Å². The lowest BCUT2D eigenvalue weighted by Gasteiger charge is -2.19. The van der Waals surface area contributed by atoms with Crippen molar-refractivity contribution in [3.63, 3.8) is 0 Å². The van der Waals surface area contributed by atoms with Gasteiger partial charge in [0.2, 0.25) is 5.91 Å². The van der Waals surface area contributed by atoms with Crippen LogP contribution in [-0.4, -0.2) is 36.5 Å². The molecule has 0 spiro atoms. The second-order valence-corrected chi connectivity index (χ2v) is 5.36. The molecule has 0 aliphatic carbocycles. The molecule has 0 aromatic carbocycles. The molecule has 1 amide bonds. The maximum atomic E-state index is 11.8. The SMILES string of the molecule is CCN(CC)C(=O)CCC(C)C(=O)OCCC(C)C. The van der Waals surface area contributed by atoms with Crippen LogP contribution in [0.1, 0.15) is 53.9 Å². The zero-order valence-electron chi connectivity index (χ0n) is 13.1. The van der Waals surface area contributed by atoms with E-state index in [2.05, 4.69) is 13.8 Å². The van der Waals surface area contributed by atoms with E-state index in [4.69, 9.17) is 4.74 Å². The van der Waals surface area contributed by atoms with Crippen molar-refractivity contribution in [1.29, 1.82) is 0 Å². The number of hydrogen-bond acceptors (Lipinski definition) is 3. The van der Waals surface area contributed by atoms with Crippen molar-refractivity contribution in [3.05, 3.63) is 0 Å². The van der Waals surface area contributed by atoms with E-state index in [9.17, 15) is 9.59 Å². The van der Waals surface area contributed by atoms with Gasteiger partial charge in [0.1, 0.15) is 0 Å². The van der Waals surface area contributed by atoms with Crippen LogP contribution in [0.3, 0.4) is 0 Å². The van der Waals surface area contributed by atoms with E-state index in [1.54, 1.807) is 4.90 Å². The van der Waals surface area contributed by atoms with E-state index in [1.165, 1.54) is 0 Å². The molecule has 19 heavy (non-hydrogen) atoms. The van der Waals surface area contributed by atoms with E-state index in [-0.39, 0.29) is 17.8 Å². The zero-order chi connectivity index (χ0) is 14.8. The Morgan fingerprint density at radius 2 is 1.63 bits per heavy atom. The predicted molar refractivity (Wildman–Crippen MR) is 76.7 cm³/mol. The first-order chi connectivity index (χ1) is 8.92. The van der Waals surface area contributed by atoms with Crippen molar-refractivity contribution < 1.29 is 14.3 Å². The van der Waals surface area contributed by atoms with E-state index >= 15 is 0 Å². The lowest BCUT2D eigenvalue weighted by Crippen LogP contribution is -2.31. The molecule has 1 atom stereocenters. The summed E-state index contributed by atoms with van der Waals surface area (Å²) in [6.45, 7) is 11.9. The van der Waals surface area contributed by atoms with Crippen molar-refractivity contribution in [1.82, 2.24) is 4.90 Å². The van der Waals surface area contributed by atoms with Crippen LogP contribution >= 0.6 is 0 Å². The Hall–Kier alpha value is -1.06. The number of hydrogen-bond donors (Lipinski definition) is 0. The summed E-state index contributed by atoms with van der Waals surface area (Å²) in [5.41, 5.74) is 0. The molecule has 0 bridgehead atoms. The smallest absolute Gasteiger partial charge is 0.308 e. The van der Waals surface area contributed by atoms with Crippen LogP contribution in [0.15, 0.2) is 0 Å². The van der Waals surface area contributed by atoms with Crippen LogP contribution in [0, 0.1) is 11.8 Å². The summed E-state index contributed by atoms with van der Waals surface area (Å²) in [4.78, 5) is 25.3. The molecule has 0 aromatic heterocycles. The minimum absolute atomic E-state index is 0.117. The fourth-order valence-corrected chi connectivity index (χ4v) is 1.73. The molecule has 1 unspecified atom stereocenters. The molecule has 0 fully saturated rings. The van der Waals surface area contributed by atoms with Gasteiger partial charge in [-0.3, -0.25) is 9.59 Å². The Balaban J connectivity index is 3.93. The highest BCUT2D eigenvalue weighted by Crippen LogP contribution is 2.10. The summed E-state index contributed by atoms with van der Waals surface area (Å²) < 4.78 is 5.20. The number of nitrogens with zero attached hydrogens (tertiary/aromatic N) is 1. The van der Waals surface area contributed by atoms with Crippen LogP contribution in [0.4, 0.5) is 0 Å². The monoisotopic (exact) mass is 271 g/mol. The van der Waals surface area contributed by atoms with Crippen molar-refractivity contribution >= 4 is 11.9 Å². The summed E-state index contributed by atoms with van der Waals surface area (Å²) in [5.74, 6) is 0.263. The van der Waals surface area contributed by atoms with Crippen LogP contribution in [-0.2, 0) is 14.3 Å². The Bertz CT molecular complexity index is 273. The Labute approximate surface area is 117 Å². The number of esters is 1. The summed E-state index contributed by atoms with van der Waals surface area (Å²) in [5, 5.41) is 0. The molecule has 0 rings (SSSR count). The van der Waals surface area contributed by atoms with E-state index in [1.807, 2.05) is 20.8 Å². The van der Waals surface area contributed by atoms with Gasteiger partial charge in [0.05, 0.1) is 12.5 Å². The molecule has 4 nitrogen and oxygen atoms in total. The number of ether oxygens (including phenoxy) is 1. The van der Waals surface area contributed by atoms with Gasteiger partial charge >= 0.3 is 5.97 Å². The van der Waals surface area contributed by atoms with Gasteiger partial charge in [0.25, 0.3) is 0 Å². The summed E-state index contributed by atoms with van der Waals surface area (Å²) >= 11 is 0. The summed E-state index contributed by atoms with van der Waals surface area (Å²) in [7, 11) is 0. The Kier molecular flexibility index (Phi) is 9.27. The van der Waals surface area contributed by atoms with E-state index in [0.29, 0.717) is 25.4 Å². The van der Waals surface area contributed by atoms with Gasteiger partial charge in [-0.2, -0.15) is 0 Å². The van der Waals surface area contributed by atoms with Gasteiger partial charge < -0.3 is 9.64 Å². The van der Waals surface area contributed by atoms with Crippen LogP contribution in [0.2, 0.25) is 0 Å². The predicted octanol–water partition coefficient (Wildman–Crippen LogP) is 2.86. The lowest BCUT2D eigenvalue weighted by atomic mass is 10.1. The number of carbonyl (C=O) groups is 2. The first-order valence-electron chi connectivity index (χ1n) is 7.36. The Morgan fingerprint density at radius 3 is 2.11 bits per heavy atom. The largest absolute Gasteiger partial charge is 0.465 e. The highest BCUT2D eigenvalue weighted by atomic mass is 16.5. The van der Waals surface area contributed by atoms with Crippen molar-refractivity contribution in [3.8, 4) is 0 Å². The minimum Gasteiger partial charge on any atom is -0.465 e. The molecule has 112 valence electrons. The standard InChI is InChI=1S/C15H29NO3/c1-6-16(7-2)14(17)9-8-13(5)15(18)19-11-10-12(3)4/h12-13H,6-11H2,1-5H3. The fourth-order valence-electron chi connectivity index (χ4n) is 1.73. The first-order valence-corrected chi connectivity index (χ1v) is 7.36. The highest BCUT2D eigenvalue weighted by Gasteiger charge is 2.17. The lowest BCUT2D eigenvalue weighted by molar-refractivity contribution is -0.148. The van der Waals surface area contributed by atoms with Crippen LogP contribution < -0.4 is 0 Å². The molecule has 0 aliphatic rings. The molecule has 0 saturated heterocycles. The van der Waals surface area contributed by atoms with Gasteiger partial charge in [0.15, 0.2) is 0 Å². The van der Waals surface area contributed by atoms with Crippen LogP contribution in [0.25, 0.3) is 0 Å². The maximum Gasteiger partial charge on any atom is 0.308 e. The van der Waals surface area contributed by atoms with Crippen molar-refractivity contribution in [2.75, 3.05) is 19.7 Å². The molecular weight excluding hydrogens is 242 g/mol. The number of rotatable bonds is 9. The second-order valence-electron chi connectivity index (χ2n) is 5.36. The van der Waals surface area contributed by atoms with Crippen molar-refractivity contribution in [2.24, 2.45) is 11.8 Å². The topological polar surface area (TPSA) is 46.6 Å². The molecule has 4 heteroatoms. The third-order valence-corrected chi connectivity index (χ3v) is 3.25. The van der Waals surface area contributed by atoms with Gasteiger partial charge in [-0.05, 0) is 32.6 Å². The third-order valence-electron chi connectivity index (χ3n) is 3.25. The maximum absolute atomic E-state index is 11.8. The minimum atomic E-state index is -0.202. The zero-order valence-corrected chi connectivity index (χ0v) is 13.1. The van der Waals surface area contributed by atoms with E-state index in [0.717, 1.165) is 19.5 Å². The number of carbonyl (C=O) groups excluding carboxylic acids is 2. The molecule has 0 aromatic rings. The van der Waals surface area contributed by atoms with Gasteiger partial charge in [-0.25, -0.2) is 0 Å². The molecule has 0 aliphatic heterocycles. The molecule has 0 N–H and O–H groups in total. The molecule has 0 radical (unpaired) electrons. The Morgan fingerprint density at radius 1 is 1.05 bits per heavy atom. The molecule has 0 saturated carbocycles. The van der Waals surface area contributed by atoms with Gasteiger partial charge in [-0.1, -0.05) is 20.8 Å². The van der Waals surface area contributed by atoms with Crippen molar-refractivity contribution in [2.45, 2.75) is 53.9 Å². The fraction of sp³-hybridized carbons (Fsp3) is 0.867. The highest BCUT2D eigenvalue weighted by molar-refractivity contribution is 5.77. The summed E-state index contributed by atoms with van der Waals surface area (Å²) in [6, 6.07) is 0.